The van der Waals surface area contributed by atoms with Crippen molar-refractivity contribution in [3.8, 4) is 0 Å². The number of amides is 1. The van der Waals surface area contributed by atoms with Crippen molar-refractivity contribution in [1.29, 1.82) is 0 Å². The highest BCUT2D eigenvalue weighted by Gasteiger charge is 2.37. The first-order valence-electron chi connectivity index (χ1n) is 6.61. The van der Waals surface area contributed by atoms with Crippen LogP contribution >= 0.6 is 11.3 Å². The molecule has 2 atom stereocenters. The van der Waals surface area contributed by atoms with Crippen LogP contribution in [0.3, 0.4) is 0 Å². The lowest BCUT2D eigenvalue weighted by molar-refractivity contribution is -0.123. The minimum Gasteiger partial charge on any atom is -0.369 e. The van der Waals surface area contributed by atoms with Gasteiger partial charge in [-0.15, -0.1) is 11.3 Å². The molecule has 0 aromatic carbocycles. The second-order valence-corrected chi connectivity index (χ2v) is 8.70. The Hall–Kier alpha value is -0.920. The SMILES string of the molecule is Cc1cc(S(=O)(=O)N2C[C@@H](C(N)=O)CC[C@H]2C)c(C)s1. The molecule has 0 unspecified atom stereocenters. The van der Waals surface area contributed by atoms with Crippen LogP contribution in [0.1, 0.15) is 29.5 Å². The highest BCUT2D eigenvalue weighted by atomic mass is 32.2. The van der Waals surface area contributed by atoms with Gasteiger partial charge in [-0.2, -0.15) is 4.31 Å². The quantitative estimate of drug-likeness (QED) is 0.920. The Morgan fingerprint density at radius 3 is 2.55 bits per heavy atom. The first-order valence-corrected chi connectivity index (χ1v) is 8.87. The number of rotatable bonds is 3. The fraction of sp³-hybridized carbons (Fsp3) is 0.615. The Morgan fingerprint density at radius 2 is 2.05 bits per heavy atom. The molecule has 112 valence electrons. The molecule has 5 nitrogen and oxygen atoms in total. The van der Waals surface area contributed by atoms with Gasteiger partial charge < -0.3 is 5.73 Å². The van der Waals surface area contributed by atoms with Crippen molar-refractivity contribution in [3.63, 3.8) is 0 Å². The number of hydrogen-bond acceptors (Lipinski definition) is 4. The fourth-order valence-corrected chi connectivity index (χ4v) is 5.86. The number of aryl methyl sites for hydroxylation is 2. The minimum atomic E-state index is -3.55. The summed E-state index contributed by atoms with van der Waals surface area (Å²) in [6.45, 7) is 5.77. The molecular formula is C13H20N2O3S2. The van der Waals surface area contributed by atoms with Crippen molar-refractivity contribution >= 4 is 27.3 Å². The van der Waals surface area contributed by atoms with Gasteiger partial charge in [-0.25, -0.2) is 8.42 Å². The van der Waals surface area contributed by atoms with Gasteiger partial charge in [0.25, 0.3) is 0 Å². The second kappa shape index (κ2) is 5.46. The van der Waals surface area contributed by atoms with Crippen molar-refractivity contribution in [3.05, 3.63) is 15.8 Å². The van der Waals surface area contributed by atoms with E-state index in [1.807, 2.05) is 20.8 Å². The molecule has 7 heteroatoms. The van der Waals surface area contributed by atoms with Crippen LogP contribution in [-0.4, -0.2) is 31.2 Å². The molecule has 2 rings (SSSR count). The monoisotopic (exact) mass is 316 g/mol. The van der Waals surface area contributed by atoms with Gasteiger partial charge in [0.2, 0.25) is 15.9 Å². The normalized spacial score (nSPS) is 24.8. The zero-order valence-corrected chi connectivity index (χ0v) is 13.6. The Labute approximate surface area is 123 Å². The third kappa shape index (κ3) is 2.75. The predicted octanol–water partition coefficient (Wildman–Crippen LogP) is 1.64. The average molecular weight is 316 g/mol. The minimum absolute atomic E-state index is 0.102. The lowest BCUT2D eigenvalue weighted by atomic mass is 9.95. The largest absolute Gasteiger partial charge is 0.369 e. The van der Waals surface area contributed by atoms with Gasteiger partial charge in [-0.1, -0.05) is 0 Å². The maximum Gasteiger partial charge on any atom is 0.244 e. The molecule has 0 bridgehead atoms. The van der Waals surface area contributed by atoms with E-state index in [4.69, 9.17) is 5.73 Å². The van der Waals surface area contributed by atoms with Gasteiger partial charge in [-0.3, -0.25) is 4.79 Å². The van der Waals surface area contributed by atoms with Crippen LogP contribution in [0.5, 0.6) is 0 Å². The molecule has 1 aromatic rings. The number of hydrogen-bond donors (Lipinski definition) is 1. The highest BCUT2D eigenvalue weighted by molar-refractivity contribution is 7.89. The molecule has 1 aliphatic heterocycles. The van der Waals surface area contributed by atoms with Gasteiger partial charge in [0.15, 0.2) is 0 Å². The van der Waals surface area contributed by atoms with E-state index in [1.165, 1.54) is 15.6 Å². The molecule has 1 aliphatic rings. The summed E-state index contributed by atoms with van der Waals surface area (Å²) in [4.78, 5) is 13.5. The molecule has 1 aromatic heterocycles. The van der Waals surface area contributed by atoms with Gasteiger partial charge in [0.1, 0.15) is 0 Å². The second-order valence-electron chi connectivity index (χ2n) is 5.38. The van der Waals surface area contributed by atoms with Crippen molar-refractivity contribution < 1.29 is 13.2 Å². The first-order chi connectivity index (χ1) is 9.23. The van der Waals surface area contributed by atoms with E-state index in [1.54, 1.807) is 6.07 Å². The molecule has 2 N–H and O–H groups in total. The highest BCUT2D eigenvalue weighted by Crippen LogP contribution is 2.32. The summed E-state index contributed by atoms with van der Waals surface area (Å²) in [5, 5.41) is 0. The van der Waals surface area contributed by atoms with E-state index in [2.05, 4.69) is 0 Å². The fourth-order valence-electron chi connectivity index (χ4n) is 2.63. The number of sulfonamides is 1. The van der Waals surface area contributed by atoms with Crippen LogP contribution in [0.4, 0.5) is 0 Å². The predicted molar refractivity (Wildman–Crippen MR) is 79.1 cm³/mol. The topological polar surface area (TPSA) is 80.5 Å². The Kier molecular flexibility index (Phi) is 4.22. The Bertz CT molecular complexity index is 622. The average Bonchev–Trinajstić information content (AvgIpc) is 2.69. The molecule has 1 fully saturated rings. The van der Waals surface area contributed by atoms with E-state index >= 15 is 0 Å². The van der Waals surface area contributed by atoms with Crippen LogP contribution in [-0.2, 0) is 14.8 Å². The molecule has 1 amide bonds. The summed E-state index contributed by atoms with van der Waals surface area (Å²) in [5.41, 5.74) is 5.33. The van der Waals surface area contributed by atoms with Gasteiger partial charge in [0.05, 0.1) is 10.8 Å². The van der Waals surface area contributed by atoms with E-state index in [-0.39, 0.29) is 18.5 Å². The summed E-state index contributed by atoms with van der Waals surface area (Å²) in [7, 11) is -3.55. The van der Waals surface area contributed by atoms with Crippen molar-refractivity contribution in [2.75, 3.05) is 6.54 Å². The van der Waals surface area contributed by atoms with E-state index in [0.29, 0.717) is 17.7 Å². The maximum absolute atomic E-state index is 12.8. The van der Waals surface area contributed by atoms with Crippen LogP contribution in [0.2, 0.25) is 0 Å². The van der Waals surface area contributed by atoms with Crippen molar-refractivity contribution in [1.82, 2.24) is 4.31 Å². The number of primary amides is 1. The van der Waals surface area contributed by atoms with Crippen LogP contribution in [0.15, 0.2) is 11.0 Å². The maximum atomic E-state index is 12.8. The van der Waals surface area contributed by atoms with Crippen LogP contribution < -0.4 is 5.73 Å². The first kappa shape index (κ1) is 15.5. The standard InChI is InChI=1S/C13H20N2O3S2/c1-8-4-5-11(13(14)16)7-15(8)20(17,18)12-6-9(2)19-10(12)3/h6,8,11H,4-5,7H2,1-3H3,(H2,14,16)/t8-,11+/m1/s1. The number of carbonyl (C=O) groups excluding carboxylic acids is 1. The Morgan fingerprint density at radius 1 is 1.40 bits per heavy atom. The van der Waals surface area contributed by atoms with Crippen molar-refractivity contribution in [2.45, 2.75) is 44.6 Å². The van der Waals surface area contributed by atoms with Gasteiger partial charge in [-0.05, 0) is 39.7 Å². The van der Waals surface area contributed by atoms with Crippen LogP contribution in [0, 0.1) is 19.8 Å². The molecule has 2 heterocycles. The molecule has 0 spiro atoms. The third-order valence-electron chi connectivity index (χ3n) is 3.81. The summed E-state index contributed by atoms with van der Waals surface area (Å²) in [6, 6.07) is 1.60. The molecule has 1 saturated heterocycles. The summed E-state index contributed by atoms with van der Waals surface area (Å²) in [5.74, 6) is -0.809. The van der Waals surface area contributed by atoms with Crippen LogP contribution in [0.25, 0.3) is 0 Å². The van der Waals surface area contributed by atoms with Gasteiger partial charge >= 0.3 is 0 Å². The Balaban J connectivity index is 2.37. The number of piperidine rings is 1. The van der Waals surface area contributed by atoms with E-state index in [0.717, 1.165) is 9.75 Å². The summed E-state index contributed by atoms with van der Waals surface area (Å²) >= 11 is 1.47. The third-order valence-corrected chi connectivity index (χ3v) is 7.01. The number of thiophene rings is 1. The summed E-state index contributed by atoms with van der Waals surface area (Å²) in [6.07, 6.45) is 1.32. The number of nitrogens with zero attached hydrogens (tertiary/aromatic N) is 1. The zero-order chi connectivity index (χ0) is 15.1. The van der Waals surface area contributed by atoms with Gasteiger partial charge in [0, 0.05) is 22.3 Å². The lowest BCUT2D eigenvalue weighted by Crippen LogP contribution is -2.48. The molecular weight excluding hydrogens is 296 g/mol. The smallest absolute Gasteiger partial charge is 0.244 e. The number of nitrogens with two attached hydrogens (primary N) is 1. The molecule has 0 aliphatic carbocycles. The van der Waals surface area contributed by atoms with E-state index in [9.17, 15) is 13.2 Å². The molecule has 0 radical (unpaired) electrons. The lowest BCUT2D eigenvalue weighted by Gasteiger charge is -2.35. The number of carbonyl (C=O) groups is 1. The molecule has 0 saturated carbocycles. The molecule has 20 heavy (non-hydrogen) atoms. The van der Waals surface area contributed by atoms with Crippen molar-refractivity contribution in [2.24, 2.45) is 11.7 Å². The zero-order valence-electron chi connectivity index (χ0n) is 11.9. The summed E-state index contributed by atoms with van der Waals surface area (Å²) < 4.78 is 27.0. The van der Waals surface area contributed by atoms with E-state index < -0.39 is 15.9 Å².